The van der Waals surface area contributed by atoms with Gasteiger partial charge in [0.2, 0.25) is 15.9 Å². The standard InChI is InChI=1S/C19H21FN2O4S/c1-4-22(17-9-7-16(20)8-10-17)19(24)13-21(3)27(25,26)18-11-5-15(6-12-18)14(2)23/h5-12H,4,13H2,1-3H3. The lowest BCUT2D eigenvalue weighted by Crippen LogP contribution is -2.41. The van der Waals surface area contributed by atoms with Crippen LogP contribution >= 0.6 is 0 Å². The van der Waals surface area contributed by atoms with E-state index in [9.17, 15) is 22.4 Å². The molecule has 1 amide bonds. The van der Waals surface area contributed by atoms with Crippen molar-refractivity contribution >= 4 is 27.4 Å². The minimum atomic E-state index is -3.89. The molecule has 0 atom stereocenters. The molecule has 0 heterocycles. The first-order valence-corrected chi connectivity index (χ1v) is 9.74. The van der Waals surface area contributed by atoms with Crippen LogP contribution in [-0.4, -0.2) is 44.6 Å². The molecule has 144 valence electrons. The highest BCUT2D eigenvalue weighted by Gasteiger charge is 2.25. The monoisotopic (exact) mass is 392 g/mol. The summed E-state index contributed by atoms with van der Waals surface area (Å²) in [5.74, 6) is -1.02. The fourth-order valence-corrected chi connectivity index (χ4v) is 3.65. The Labute approximate surface area is 158 Å². The van der Waals surface area contributed by atoms with Gasteiger partial charge in [0.25, 0.3) is 0 Å². The number of ketones is 1. The van der Waals surface area contributed by atoms with E-state index in [4.69, 9.17) is 0 Å². The summed E-state index contributed by atoms with van der Waals surface area (Å²) in [5.41, 5.74) is 0.890. The summed E-state index contributed by atoms with van der Waals surface area (Å²) in [6.07, 6.45) is 0. The summed E-state index contributed by atoms with van der Waals surface area (Å²) >= 11 is 0. The quantitative estimate of drug-likeness (QED) is 0.679. The number of likely N-dealkylation sites (N-methyl/N-ethyl adjacent to an activating group) is 2. The van der Waals surface area contributed by atoms with E-state index in [1.807, 2.05) is 0 Å². The van der Waals surface area contributed by atoms with Gasteiger partial charge in [-0.3, -0.25) is 9.59 Å². The number of anilines is 1. The largest absolute Gasteiger partial charge is 0.312 e. The van der Waals surface area contributed by atoms with Gasteiger partial charge in [-0.2, -0.15) is 4.31 Å². The van der Waals surface area contributed by atoms with Gasteiger partial charge in [-0.25, -0.2) is 12.8 Å². The number of sulfonamides is 1. The molecule has 0 fully saturated rings. The van der Waals surface area contributed by atoms with Crippen LogP contribution in [0.15, 0.2) is 53.4 Å². The average molecular weight is 392 g/mol. The first-order chi connectivity index (χ1) is 12.7. The van der Waals surface area contributed by atoms with E-state index in [1.165, 1.54) is 67.4 Å². The summed E-state index contributed by atoms with van der Waals surface area (Å²) in [5, 5.41) is 0. The highest BCUT2D eigenvalue weighted by molar-refractivity contribution is 7.89. The van der Waals surface area contributed by atoms with Crippen LogP contribution in [0, 0.1) is 5.82 Å². The van der Waals surface area contributed by atoms with E-state index in [1.54, 1.807) is 6.92 Å². The van der Waals surface area contributed by atoms with Crippen molar-refractivity contribution in [2.24, 2.45) is 0 Å². The van der Waals surface area contributed by atoms with Crippen molar-refractivity contribution in [3.05, 3.63) is 59.9 Å². The zero-order valence-corrected chi connectivity index (χ0v) is 16.2. The normalized spacial score (nSPS) is 11.4. The van der Waals surface area contributed by atoms with Gasteiger partial charge in [-0.05, 0) is 50.2 Å². The molecule has 0 aromatic heterocycles. The second-order valence-corrected chi connectivity index (χ2v) is 8.00. The molecule has 2 aromatic rings. The predicted octanol–water partition coefficient (Wildman–Crippen LogP) is 2.70. The van der Waals surface area contributed by atoms with E-state index in [2.05, 4.69) is 0 Å². The number of Topliss-reactive ketones (excluding diaryl/α,β-unsaturated/α-hetero) is 1. The lowest BCUT2D eigenvalue weighted by Gasteiger charge is -2.24. The lowest BCUT2D eigenvalue weighted by atomic mass is 10.2. The molecule has 0 aliphatic heterocycles. The Morgan fingerprint density at radius 1 is 1.00 bits per heavy atom. The third-order valence-corrected chi connectivity index (χ3v) is 5.90. The number of carbonyl (C=O) groups is 2. The van der Waals surface area contributed by atoms with Crippen LogP contribution in [0.25, 0.3) is 0 Å². The van der Waals surface area contributed by atoms with Gasteiger partial charge in [-0.15, -0.1) is 0 Å². The van der Waals surface area contributed by atoms with Gasteiger partial charge < -0.3 is 4.90 Å². The Bertz CT molecular complexity index is 925. The van der Waals surface area contributed by atoms with Crippen LogP contribution in [0.4, 0.5) is 10.1 Å². The Morgan fingerprint density at radius 2 is 1.56 bits per heavy atom. The van der Waals surface area contributed by atoms with Crippen LogP contribution in [0.3, 0.4) is 0 Å². The molecule has 0 saturated heterocycles. The molecular formula is C19H21FN2O4S. The van der Waals surface area contributed by atoms with Crippen LogP contribution < -0.4 is 4.90 Å². The number of carbonyl (C=O) groups excluding carboxylic acids is 2. The van der Waals surface area contributed by atoms with E-state index >= 15 is 0 Å². The number of rotatable bonds is 7. The average Bonchev–Trinajstić information content (AvgIpc) is 2.63. The van der Waals surface area contributed by atoms with Crippen molar-refractivity contribution in [3.8, 4) is 0 Å². The molecule has 0 saturated carbocycles. The van der Waals surface area contributed by atoms with E-state index in [0.717, 1.165) is 4.31 Å². The summed E-state index contributed by atoms with van der Waals surface area (Å²) in [4.78, 5) is 25.3. The van der Waals surface area contributed by atoms with Gasteiger partial charge >= 0.3 is 0 Å². The first kappa shape index (κ1) is 20.7. The van der Waals surface area contributed by atoms with Crippen molar-refractivity contribution in [2.75, 3.05) is 25.0 Å². The molecule has 0 aliphatic rings. The number of amides is 1. The highest BCUT2D eigenvalue weighted by atomic mass is 32.2. The lowest BCUT2D eigenvalue weighted by molar-refractivity contribution is -0.118. The molecule has 0 unspecified atom stereocenters. The van der Waals surface area contributed by atoms with Gasteiger partial charge in [0.1, 0.15) is 5.82 Å². The molecule has 0 spiro atoms. The maximum Gasteiger partial charge on any atom is 0.243 e. The predicted molar refractivity (Wildman–Crippen MR) is 101 cm³/mol. The van der Waals surface area contributed by atoms with Crippen molar-refractivity contribution < 1.29 is 22.4 Å². The molecule has 0 bridgehead atoms. The number of halogens is 1. The zero-order chi connectivity index (χ0) is 20.2. The van der Waals surface area contributed by atoms with Crippen LogP contribution in [0.5, 0.6) is 0 Å². The molecule has 8 heteroatoms. The fraction of sp³-hybridized carbons (Fsp3) is 0.263. The van der Waals surface area contributed by atoms with E-state index < -0.39 is 21.7 Å². The molecule has 27 heavy (non-hydrogen) atoms. The number of hydrogen-bond donors (Lipinski definition) is 0. The van der Waals surface area contributed by atoms with Crippen LogP contribution in [-0.2, 0) is 14.8 Å². The summed E-state index contributed by atoms with van der Waals surface area (Å²) < 4.78 is 39.3. The summed E-state index contributed by atoms with van der Waals surface area (Å²) in [7, 11) is -2.58. The Kier molecular flexibility index (Phi) is 6.45. The molecule has 6 nitrogen and oxygen atoms in total. The Morgan fingerprint density at radius 3 is 2.04 bits per heavy atom. The number of benzene rings is 2. The van der Waals surface area contributed by atoms with Gasteiger partial charge in [0, 0.05) is 24.8 Å². The molecule has 2 rings (SSSR count). The number of hydrogen-bond acceptors (Lipinski definition) is 4. The van der Waals surface area contributed by atoms with Gasteiger partial charge in [-0.1, -0.05) is 12.1 Å². The van der Waals surface area contributed by atoms with Crippen molar-refractivity contribution in [1.82, 2.24) is 4.31 Å². The molecule has 0 aliphatic carbocycles. The minimum Gasteiger partial charge on any atom is -0.312 e. The molecule has 0 radical (unpaired) electrons. The Hall–Kier alpha value is -2.58. The minimum absolute atomic E-state index is 0.00682. The maximum atomic E-state index is 13.1. The van der Waals surface area contributed by atoms with E-state index in [0.29, 0.717) is 17.8 Å². The van der Waals surface area contributed by atoms with Gasteiger partial charge in [0.15, 0.2) is 5.78 Å². The Balaban J connectivity index is 2.18. The van der Waals surface area contributed by atoms with E-state index in [-0.39, 0.29) is 17.2 Å². The molecular weight excluding hydrogens is 371 g/mol. The third kappa shape index (κ3) is 4.78. The first-order valence-electron chi connectivity index (χ1n) is 8.30. The van der Waals surface area contributed by atoms with Crippen LogP contribution in [0.1, 0.15) is 24.2 Å². The summed E-state index contributed by atoms with van der Waals surface area (Å²) in [6, 6.07) is 10.9. The molecule has 0 N–H and O–H groups in total. The van der Waals surface area contributed by atoms with Crippen LogP contribution in [0.2, 0.25) is 0 Å². The number of nitrogens with zero attached hydrogens (tertiary/aromatic N) is 2. The maximum absolute atomic E-state index is 13.1. The van der Waals surface area contributed by atoms with Gasteiger partial charge in [0.05, 0.1) is 11.4 Å². The highest BCUT2D eigenvalue weighted by Crippen LogP contribution is 2.18. The topological polar surface area (TPSA) is 74.8 Å². The fourth-order valence-electron chi connectivity index (χ4n) is 2.53. The van der Waals surface area contributed by atoms with Crippen molar-refractivity contribution in [2.45, 2.75) is 18.7 Å². The third-order valence-electron chi connectivity index (χ3n) is 4.08. The van der Waals surface area contributed by atoms with Crippen molar-refractivity contribution in [1.29, 1.82) is 0 Å². The smallest absolute Gasteiger partial charge is 0.243 e. The summed E-state index contributed by atoms with van der Waals surface area (Å²) in [6.45, 7) is 3.08. The van der Waals surface area contributed by atoms with Crippen molar-refractivity contribution in [3.63, 3.8) is 0 Å². The zero-order valence-electron chi connectivity index (χ0n) is 15.3. The second-order valence-electron chi connectivity index (χ2n) is 5.96. The molecule has 2 aromatic carbocycles. The SMILES string of the molecule is CCN(C(=O)CN(C)S(=O)(=O)c1ccc(C(C)=O)cc1)c1ccc(F)cc1. The second kappa shape index (κ2) is 8.41.